The van der Waals surface area contributed by atoms with E-state index in [1.54, 1.807) is 18.2 Å². The molecule has 1 atom stereocenters. The van der Waals surface area contributed by atoms with Crippen molar-refractivity contribution in [3.05, 3.63) is 27.8 Å². The third-order valence-corrected chi connectivity index (χ3v) is 6.52. The van der Waals surface area contributed by atoms with Crippen LogP contribution in [-0.4, -0.2) is 37.0 Å². The smallest absolute Gasteiger partial charge is 0.244 e. The molecule has 1 aliphatic heterocycles. The molecule has 0 amide bonds. The minimum Gasteiger partial charge on any atom is -0.395 e. The molecule has 1 saturated heterocycles. The van der Waals surface area contributed by atoms with Crippen molar-refractivity contribution >= 4 is 32.6 Å². The number of piperidine rings is 1. The van der Waals surface area contributed by atoms with E-state index in [0.29, 0.717) is 11.4 Å². The highest BCUT2D eigenvalue weighted by Gasteiger charge is 2.33. The van der Waals surface area contributed by atoms with Gasteiger partial charge in [-0.25, -0.2) is 8.42 Å². The predicted octanol–water partition coefficient (Wildman–Crippen LogP) is 1.83. The van der Waals surface area contributed by atoms with E-state index in [-0.39, 0.29) is 12.6 Å². The van der Waals surface area contributed by atoms with E-state index in [9.17, 15) is 13.5 Å². The van der Waals surface area contributed by atoms with Gasteiger partial charge >= 0.3 is 0 Å². The molecular weight excluding hydrogens is 365 g/mol. The van der Waals surface area contributed by atoms with Crippen molar-refractivity contribution in [3.8, 4) is 0 Å². The van der Waals surface area contributed by atoms with Crippen molar-refractivity contribution < 1.29 is 13.5 Å². The van der Waals surface area contributed by atoms with Gasteiger partial charge in [-0.05, 0) is 47.6 Å². The second-order valence-electron chi connectivity index (χ2n) is 4.38. The quantitative estimate of drug-likeness (QED) is 0.813. The first kappa shape index (κ1) is 14.2. The fraction of sp³-hybridized carbons (Fsp3) is 0.500. The SMILES string of the molecule is O=S(=O)(c1ccccc1I)N1CCCCC1CO. The molecule has 18 heavy (non-hydrogen) atoms. The third kappa shape index (κ3) is 2.71. The maximum absolute atomic E-state index is 12.6. The molecule has 4 nitrogen and oxygen atoms in total. The highest BCUT2D eigenvalue weighted by molar-refractivity contribution is 14.1. The van der Waals surface area contributed by atoms with Crippen LogP contribution < -0.4 is 0 Å². The van der Waals surface area contributed by atoms with E-state index in [1.165, 1.54) is 4.31 Å². The zero-order valence-corrected chi connectivity index (χ0v) is 12.9. The molecule has 0 bridgehead atoms. The predicted molar refractivity (Wildman–Crippen MR) is 77.8 cm³/mol. The van der Waals surface area contributed by atoms with Gasteiger partial charge in [0.05, 0.1) is 11.5 Å². The van der Waals surface area contributed by atoms with Gasteiger partial charge in [-0.2, -0.15) is 4.31 Å². The first-order chi connectivity index (χ1) is 8.57. The van der Waals surface area contributed by atoms with Crippen LogP contribution >= 0.6 is 22.6 Å². The molecule has 0 aliphatic carbocycles. The summed E-state index contributed by atoms with van der Waals surface area (Å²) in [7, 11) is -3.49. The van der Waals surface area contributed by atoms with Gasteiger partial charge in [-0.3, -0.25) is 0 Å². The highest BCUT2D eigenvalue weighted by atomic mass is 127. The van der Waals surface area contributed by atoms with Crippen molar-refractivity contribution in [2.75, 3.05) is 13.2 Å². The molecule has 0 radical (unpaired) electrons. The van der Waals surface area contributed by atoms with Gasteiger partial charge in [0.1, 0.15) is 0 Å². The zero-order valence-electron chi connectivity index (χ0n) is 9.92. The van der Waals surface area contributed by atoms with Crippen LogP contribution in [0.2, 0.25) is 0 Å². The Kier molecular flexibility index (Phi) is 4.63. The van der Waals surface area contributed by atoms with Crippen LogP contribution in [0, 0.1) is 3.57 Å². The minimum absolute atomic E-state index is 0.108. The summed E-state index contributed by atoms with van der Waals surface area (Å²) in [4.78, 5) is 0.339. The zero-order chi connectivity index (χ0) is 13.2. The van der Waals surface area contributed by atoms with Gasteiger partial charge in [0.25, 0.3) is 0 Å². The van der Waals surface area contributed by atoms with E-state index in [2.05, 4.69) is 0 Å². The van der Waals surface area contributed by atoms with Crippen LogP contribution in [0.3, 0.4) is 0 Å². The molecule has 6 heteroatoms. The Balaban J connectivity index is 2.39. The third-order valence-electron chi connectivity index (χ3n) is 3.21. The van der Waals surface area contributed by atoms with Gasteiger partial charge in [0.2, 0.25) is 10.0 Å². The molecule has 2 rings (SSSR count). The maximum atomic E-state index is 12.6. The second kappa shape index (κ2) is 5.85. The average Bonchev–Trinajstić information content (AvgIpc) is 2.39. The number of halogens is 1. The fourth-order valence-corrected chi connectivity index (χ4v) is 5.23. The number of aliphatic hydroxyl groups is 1. The molecule has 1 aliphatic rings. The minimum atomic E-state index is -3.49. The lowest BCUT2D eigenvalue weighted by molar-refractivity contribution is 0.155. The van der Waals surface area contributed by atoms with Gasteiger partial charge in [-0.15, -0.1) is 0 Å². The van der Waals surface area contributed by atoms with Crippen LogP contribution in [0.4, 0.5) is 0 Å². The molecule has 100 valence electrons. The van der Waals surface area contributed by atoms with E-state index in [4.69, 9.17) is 0 Å². The lowest BCUT2D eigenvalue weighted by Crippen LogP contribution is -2.45. The summed E-state index contributed by atoms with van der Waals surface area (Å²) in [6, 6.07) is 6.68. The first-order valence-electron chi connectivity index (χ1n) is 5.94. The van der Waals surface area contributed by atoms with Crippen molar-refractivity contribution in [3.63, 3.8) is 0 Å². The molecule has 1 unspecified atom stereocenters. The molecule has 0 aromatic heterocycles. The first-order valence-corrected chi connectivity index (χ1v) is 8.46. The number of benzene rings is 1. The molecule has 1 fully saturated rings. The Morgan fingerprint density at radius 3 is 2.72 bits per heavy atom. The van der Waals surface area contributed by atoms with Crippen LogP contribution in [-0.2, 0) is 10.0 Å². The van der Waals surface area contributed by atoms with Crippen LogP contribution in [0.5, 0.6) is 0 Å². The highest BCUT2D eigenvalue weighted by Crippen LogP contribution is 2.27. The van der Waals surface area contributed by atoms with Gasteiger partial charge in [0, 0.05) is 16.2 Å². The topological polar surface area (TPSA) is 57.6 Å². The van der Waals surface area contributed by atoms with Gasteiger partial charge in [-0.1, -0.05) is 18.6 Å². The molecule has 1 N–H and O–H groups in total. The summed E-state index contributed by atoms with van der Waals surface area (Å²) in [6.07, 6.45) is 2.57. The monoisotopic (exact) mass is 381 g/mol. The van der Waals surface area contributed by atoms with Crippen LogP contribution in [0.15, 0.2) is 29.2 Å². The summed E-state index contributed by atoms with van der Waals surface area (Å²) in [5, 5.41) is 9.33. The summed E-state index contributed by atoms with van der Waals surface area (Å²) in [6.45, 7) is 0.390. The van der Waals surface area contributed by atoms with E-state index < -0.39 is 10.0 Å². The van der Waals surface area contributed by atoms with Gasteiger partial charge in [0.15, 0.2) is 0 Å². The number of rotatable bonds is 3. The summed E-state index contributed by atoms with van der Waals surface area (Å²) in [5.41, 5.74) is 0. The molecular formula is C12H16INO3S. The fourth-order valence-electron chi connectivity index (χ4n) is 2.25. The van der Waals surface area contributed by atoms with Gasteiger partial charge < -0.3 is 5.11 Å². The normalized spacial score (nSPS) is 22.0. The van der Waals surface area contributed by atoms with E-state index in [1.807, 2.05) is 28.7 Å². The average molecular weight is 381 g/mol. The molecule has 0 saturated carbocycles. The number of hydrogen-bond acceptors (Lipinski definition) is 3. The van der Waals surface area contributed by atoms with E-state index in [0.717, 1.165) is 22.8 Å². The Morgan fingerprint density at radius 2 is 2.06 bits per heavy atom. The van der Waals surface area contributed by atoms with Crippen molar-refractivity contribution in [1.29, 1.82) is 0 Å². The standard InChI is InChI=1S/C12H16INO3S/c13-11-6-1-2-7-12(11)18(16,17)14-8-4-3-5-10(14)9-15/h1-2,6-7,10,15H,3-5,8-9H2. The Hall–Kier alpha value is -0.180. The Morgan fingerprint density at radius 1 is 1.33 bits per heavy atom. The largest absolute Gasteiger partial charge is 0.395 e. The number of hydrogen-bond donors (Lipinski definition) is 1. The molecule has 0 spiro atoms. The second-order valence-corrected chi connectivity index (χ2v) is 7.40. The lowest BCUT2D eigenvalue weighted by atomic mass is 10.1. The molecule has 1 aromatic carbocycles. The van der Waals surface area contributed by atoms with Crippen molar-refractivity contribution in [1.82, 2.24) is 4.31 Å². The number of aliphatic hydroxyl groups excluding tert-OH is 1. The summed E-state index contributed by atoms with van der Waals surface area (Å²) in [5.74, 6) is 0. The molecule has 1 heterocycles. The van der Waals surface area contributed by atoms with E-state index >= 15 is 0 Å². The lowest BCUT2D eigenvalue weighted by Gasteiger charge is -2.33. The Labute approximate surface area is 121 Å². The molecule has 1 aromatic rings. The van der Waals surface area contributed by atoms with Crippen molar-refractivity contribution in [2.24, 2.45) is 0 Å². The summed E-state index contributed by atoms with van der Waals surface area (Å²) < 4.78 is 27.3. The Bertz CT molecular complexity index is 518. The maximum Gasteiger partial charge on any atom is 0.244 e. The van der Waals surface area contributed by atoms with Crippen molar-refractivity contribution in [2.45, 2.75) is 30.2 Å². The van der Waals surface area contributed by atoms with Crippen LogP contribution in [0.25, 0.3) is 0 Å². The van der Waals surface area contributed by atoms with Crippen LogP contribution in [0.1, 0.15) is 19.3 Å². The number of nitrogens with zero attached hydrogens (tertiary/aromatic N) is 1. The number of sulfonamides is 1. The summed E-state index contributed by atoms with van der Waals surface area (Å²) >= 11 is 2.03.